The Morgan fingerprint density at radius 3 is 2.48 bits per heavy atom. The number of carboxylic acid groups (broad SMARTS) is 1. The average Bonchev–Trinajstić information content (AvgIpc) is 2.64. The monoisotopic (exact) mass is 396 g/mol. The first-order valence-electron chi connectivity index (χ1n) is 8.37. The Morgan fingerprint density at radius 1 is 1.30 bits per heavy atom. The molecule has 0 aliphatic heterocycles. The maximum absolute atomic E-state index is 13.9. The molecule has 2 aromatic rings. The van der Waals surface area contributed by atoms with Gasteiger partial charge in [0.15, 0.2) is 0 Å². The molecule has 146 valence electrons. The van der Waals surface area contributed by atoms with Gasteiger partial charge < -0.3 is 14.6 Å². The molecule has 0 fully saturated rings. The lowest BCUT2D eigenvalue weighted by molar-refractivity contribution is 0.114. The second kappa shape index (κ2) is 9.43. The molecule has 2 aromatic carbocycles. The molecular weight excluding hydrogens is 375 g/mol. The minimum Gasteiger partial charge on any atom is -0.497 e. The van der Waals surface area contributed by atoms with Crippen molar-refractivity contribution in [2.45, 2.75) is 26.5 Å². The van der Waals surface area contributed by atoms with Gasteiger partial charge in [-0.15, -0.1) is 0 Å². The van der Waals surface area contributed by atoms with Gasteiger partial charge in [0.2, 0.25) is 0 Å². The van der Waals surface area contributed by atoms with E-state index in [1.165, 1.54) is 12.1 Å². The van der Waals surface area contributed by atoms with Gasteiger partial charge in [-0.2, -0.15) is 0 Å². The molecule has 27 heavy (non-hydrogen) atoms. The Balaban J connectivity index is 2.22. The third-order valence-electron chi connectivity index (χ3n) is 4.00. The van der Waals surface area contributed by atoms with Gasteiger partial charge in [-0.05, 0) is 55.8 Å². The summed E-state index contributed by atoms with van der Waals surface area (Å²) in [5.41, 5.74) is 3.93. The van der Waals surface area contributed by atoms with Crippen LogP contribution in [-0.2, 0) is 6.61 Å². The van der Waals surface area contributed by atoms with Gasteiger partial charge in [0.25, 0.3) is 0 Å². The first kappa shape index (κ1) is 20.8. The molecule has 0 saturated heterocycles. The highest BCUT2D eigenvalue weighted by molar-refractivity contribution is 6.31. The molecule has 1 atom stereocenters. The smallest absolute Gasteiger partial charge is 0.421 e. The van der Waals surface area contributed by atoms with E-state index in [4.69, 9.17) is 21.1 Å². The highest BCUT2D eigenvalue weighted by Gasteiger charge is 2.20. The molecule has 0 bridgehead atoms. The number of nitrogens with one attached hydrogen (secondary N) is 1. The van der Waals surface area contributed by atoms with E-state index in [2.05, 4.69) is 5.43 Å². The number of hydrogen-bond donors (Lipinski definition) is 2. The number of nitrogens with zero attached hydrogens (tertiary/aromatic N) is 1. The average molecular weight is 397 g/mol. The minimum absolute atomic E-state index is 0.103. The fourth-order valence-electron chi connectivity index (χ4n) is 2.57. The van der Waals surface area contributed by atoms with Crippen molar-refractivity contribution in [2.75, 3.05) is 13.7 Å². The molecule has 0 aliphatic rings. The van der Waals surface area contributed by atoms with Gasteiger partial charge in [0, 0.05) is 18.2 Å². The van der Waals surface area contributed by atoms with Crippen LogP contribution in [0.15, 0.2) is 36.4 Å². The summed E-state index contributed by atoms with van der Waals surface area (Å²) in [6.07, 6.45) is -1.12. The lowest BCUT2D eigenvalue weighted by Crippen LogP contribution is -2.43. The SMILES string of the molecule is CCN(NC(C)c1cc(F)cc(Cl)c1COc1ccc(OC)cc1)C(=O)O. The molecule has 6 nitrogen and oxygen atoms in total. The highest BCUT2D eigenvalue weighted by atomic mass is 35.5. The maximum atomic E-state index is 13.9. The number of halogens is 2. The van der Waals surface area contributed by atoms with E-state index in [0.29, 0.717) is 22.6 Å². The van der Waals surface area contributed by atoms with E-state index in [-0.39, 0.29) is 18.2 Å². The Morgan fingerprint density at radius 2 is 1.93 bits per heavy atom. The van der Waals surface area contributed by atoms with Gasteiger partial charge in [-0.25, -0.2) is 19.6 Å². The summed E-state index contributed by atoms with van der Waals surface area (Å²) in [5, 5.41) is 10.4. The molecule has 0 aromatic heterocycles. The summed E-state index contributed by atoms with van der Waals surface area (Å²) in [6.45, 7) is 3.76. The Labute approximate surface area is 162 Å². The number of rotatable bonds is 8. The highest BCUT2D eigenvalue weighted by Crippen LogP contribution is 2.29. The molecule has 1 unspecified atom stereocenters. The Hall–Kier alpha value is -2.51. The van der Waals surface area contributed by atoms with Crippen LogP contribution in [0.5, 0.6) is 11.5 Å². The third-order valence-corrected chi connectivity index (χ3v) is 4.34. The van der Waals surface area contributed by atoms with E-state index in [1.54, 1.807) is 45.2 Å². The zero-order valence-electron chi connectivity index (χ0n) is 15.3. The van der Waals surface area contributed by atoms with Gasteiger partial charge >= 0.3 is 6.09 Å². The molecule has 1 amide bonds. The number of hydrogen-bond acceptors (Lipinski definition) is 4. The topological polar surface area (TPSA) is 71.0 Å². The van der Waals surface area contributed by atoms with E-state index in [0.717, 1.165) is 5.01 Å². The molecule has 0 heterocycles. The van der Waals surface area contributed by atoms with Gasteiger partial charge in [0.05, 0.1) is 12.1 Å². The largest absolute Gasteiger partial charge is 0.497 e. The van der Waals surface area contributed by atoms with Crippen LogP contribution in [0.1, 0.15) is 31.0 Å². The minimum atomic E-state index is -1.12. The van der Waals surface area contributed by atoms with Crippen LogP contribution in [-0.4, -0.2) is 29.9 Å². The van der Waals surface area contributed by atoms with E-state index < -0.39 is 18.0 Å². The number of benzene rings is 2. The van der Waals surface area contributed by atoms with Crippen LogP contribution in [0.3, 0.4) is 0 Å². The van der Waals surface area contributed by atoms with Crippen molar-refractivity contribution in [3.63, 3.8) is 0 Å². The fourth-order valence-corrected chi connectivity index (χ4v) is 2.84. The van der Waals surface area contributed by atoms with E-state index in [1.807, 2.05) is 0 Å². The van der Waals surface area contributed by atoms with Gasteiger partial charge in [-0.3, -0.25) is 0 Å². The van der Waals surface area contributed by atoms with Gasteiger partial charge in [0.1, 0.15) is 23.9 Å². The van der Waals surface area contributed by atoms with Crippen LogP contribution in [0, 0.1) is 5.82 Å². The zero-order chi connectivity index (χ0) is 20.0. The van der Waals surface area contributed by atoms with Crippen LogP contribution in [0.25, 0.3) is 0 Å². The second-order valence-corrected chi connectivity index (χ2v) is 6.20. The predicted molar refractivity (Wildman–Crippen MR) is 101 cm³/mol. The van der Waals surface area contributed by atoms with Crippen molar-refractivity contribution in [2.24, 2.45) is 0 Å². The summed E-state index contributed by atoms with van der Waals surface area (Å²) in [4.78, 5) is 11.2. The first-order valence-corrected chi connectivity index (χ1v) is 8.74. The van der Waals surface area contributed by atoms with Crippen molar-refractivity contribution in [3.05, 3.63) is 58.4 Å². The Kier molecular flexibility index (Phi) is 7.27. The predicted octanol–water partition coefficient (Wildman–Crippen LogP) is 4.63. The number of carbonyl (C=O) groups is 1. The second-order valence-electron chi connectivity index (χ2n) is 5.80. The molecule has 0 radical (unpaired) electrons. The molecule has 0 spiro atoms. The normalized spacial score (nSPS) is 11.7. The van der Waals surface area contributed by atoms with Gasteiger partial charge in [-0.1, -0.05) is 11.6 Å². The maximum Gasteiger partial charge on any atom is 0.421 e. The quantitative estimate of drug-likeness (QED) is 0.636. The fraction of sp³-hybridized carbons (Fsp3) is 0.316. The first-order chi connectivity index (χ1) is 12.8. The lowest BCUT2D eigenvalue weighted by Gasteiger charge is -2.25. The third kappa shape index (κ3) is 5.48. The van der Waals surface area contributed by atoms with Crippen LogP contribution >= 0.6 is 11.6 Å². The summed E-state index contributed by atoms with van der Waals surface area (Å²) in [5.74, 6) is 0.799. The number of amides is 1. The molecule has 0 saturated carbocycles. The summed E-state index contributed by atoms with van der Waals surface area (Å²) in [6, 6.07) is 9.06. The number of methoxy groups -OCH3 is 1. The molecule has 8 heteroatoms. The lowest BCUT2D eigenvalue weighted by atomic mass is 10.0. The zero-order valence-corrected chi connectivity index (χ0v) is 16.1. The van der Waals surface area contributed by atoms with Crippen molar-refractivity contribution in [3.8, 4) is 11.5 Å². The van der Waals surface area contributed by atoms with Crippen molar-refractivity contribution >= 4 is 17.7 Å². The number of hydrazine groups is 1. The van der Waals surface area contributed by atoms with Crippen LogP contribution < -0.4 is 14.9 Å². The standard InChI is InChI=1S/C19H22ClFN2O4/c1-4-23(19(24)25)22-12(2)16-9-13(21)10-18(20)17(16)11-27-15-7-5-14(26-3)6-8-15/h5-10,12,22H,4,11H2,1-3H3,(H,24,25). The van der Waals surface area contributed by atoms with Crippen molar-refractivity contribution in [1.82, 2.24) is 10.4 Å². The van der Waals surface area contributed by atoms with E-state index in [9.17, 15) is 14.3 Å². The molecule has 0 aliphatic carbocycles. The Bertz CT molecular complexity index is 786. The van der Waals surface area contributed by atoms with Crippen molar-refractivity contribution < 1.29 is 23.8 Å². The van der Waals surface area contributed by atoms with Crippen LogP contribution in [0.4, 0.5) is 9.18 Å². The van der Waals surface area contributed by atoms with Crippen molar-refractivity contribution in [1.29, 1.82) is 0 Å². The molecule has 2 N–H and O–H groups in total. The summed E-state index contributed by atoms with van der Waals surface area (Å²) >= 11 is 6.23. The summed E-state index contributed by atoms with van der Waals surface area (Å²) < 4.78 is 24.8. The summed E-state index contributed by atoms with van der Waals surface area (Å²) in [7, 11) is 1.57. The van der Waals surface area contributed by atoms with Crippen LogP contribution in [0.2, 0.25) is 5.02 Å². The van der Waals surface area contributed by atoms with E-state index >= 15 is 0 Å². The molecular formula is C19H22ClFN2O4. The molecule has 2 rings (SSSR count). The number of ether oxygens (including phenoxy) is 2.